The van der Waals surface area contributed by atoms with Crippen molar-refractivity contribution in [2.75, 3.05) is 31.1 Å². The lowest BCUT2D eigenvalue weighted by Crippen LogP contribution is -2.49. The Bertz CT molecular complexity index is 1370. The number of aryl methyl sites for hydroxylation is 1. The average molecular weight is 488 g/mol. The molecule has 0 aliphatic carbocycles. The first-order valence-corrected chi connectivity index (χ1v) is 12.1. The van der Waals surface area contributed by atoms with Gasteiger partial charge in [-0.05, 0) is 67.4 Å². The van der Waals surface area contributed by atoms with Crippen molar-refractivity contribution in [3.8, 4) is 16.9 Å². The molecule has 4 aromatic rings. The van der Waals surface area contributed by atoms with E-state index in [0.29, 0.717) is 29.4 Å². The number of hydrogen-bond donors (Lipinski definition) is 0. The SMILES string of the molecule is Cc1ccccc1N1CCN(C(=O)c2cc(-c3ccc(Cl)cc3)n(-c3cccc(F)c3)c2C)CC1. The second kappa shape index (κ2) is 9.59. The van der Waals surface area contributed by atoms with E-state index in [9.17, 15) is 9.18 Å². The van der Waals surface area contributed by atoms with Gasteiger partial charge < -0.3 is 14.4 Å². The molecule has 1 fully saturated rings. The molecule has 0 unspecified atom stereocenters. The minimum atomic E-state index is -0.321. The highest BCUT2D eigenvalue weighted by Gasteiger charge is 2.27. The van der Waals surface area contributed by atoms with E-state index in [1.54, 1.807) is 6.07 Å². The molecule has 1 aromatic heterocycles. The third kappa shape index (κ3) is 4.56. The number of rotatable bonds is 4. The first-order valence-electron chi connectivity index (χ1n) is 11.8. The summed E-state index contributed by atoms with van der Waals surface area (Å²) in [5.74, 6) is -0.324. The summed E-state index contributed by atoms with van der Waals surface area (Å²) in [6.07, 6.45) is 0. The van der Waals surface area contributed by atoms with E-state index in [4.69, 9.17) is 11.6 Å². The molecular weight excluding hydrogens is 461 g/mol. The quantitative estimate of drug-likeness (QED) is 0.328. The zero-order valence-electron chi connectivity index (χ0n) is 19.8. The van der Waals surface area contributed by atoms with Crippen LogP contribution in [0.5, 0.6) is 0 Å². The standard InChI is InChI=1S/C29H27ClFN3O/c1-20-6-3-4-9-27(20)32-14-16-33(17-15-32)29(35)26-19-28(22-10-12-23(30)13-11-22)34(21(26)2)25-8-5-7-24(31)18-25/h3-13,18-19H,14-17H2,1-2H3. The van der Waals surface area contributed by atoms with Gasteiger partial charge >= 0.3 is 0 Å². The Morgan fingerprint density at radius 2 is 1.57 bits per heavy atom. The molecule has 0 atom stereocenters. The number of amides is 1. The molecule has 0 radical (unpaired) electrons. The molecule has 2 heterocycles. The number of benzene rings is 3. The highest BCUT2D eigenvalue weighted by molar-refractivity contribution is 6.30. The largest absolute Gasteiger partial charge is 0.368 e. The van der Waals surface area contributed by atoms with Crippen molar-refractivity contribution in [3.05, 3.63) is 107 Å². The van der Waals surface area contributed by atoms with Crippen LogP contribution in [0.3, 0.4) is 0 Å². The molecule has 1 amide bonds. The minimum absolute atomic E-state index is 0.00250. The van der Waals surface area contributed by atoms with Crippen LogP contribution in [0.4, 0.5) is 10.1 Å². The van der Waals surface area contributed by atoms with Crippen LogP contribution in [0.2, 0.25) is 5.02 Å². The first kappa shape index (κ1) is 23.2. The lowest BCUT2D eigenvalue weighted by molar-refractivity contribution is 0.0746. The van der Waals surface area contributed by atoms with E-state index in [2.05, 4.69) is 30.0 Å². The van der Waals surface area contributed by atoms with Gasteiger partial charge in [0.15, 0.2) is 0 Å². The Morgan fingerprint density at radius 1 is 0.857 bits per heavy atom. The van der Waals surface area contributed by atoms with E-state index in [1.807, 2.05) is 58.9 Å². The molecule has 0 N–H and O–H groups in total. The predicted molar refractivity (Wildman–Crippen MR) is 140 cm³/mol. The molecule has 1 aliphatic heterocycles. The van der Waals surface area contributed by atoms with Crippen molar-refractivity contribution < 1.29 is 9.18 Å². The maximum atomic E-state index is 14.1. The molecular formula is C29H27ClFN3O. The Morgan fingerprint density at radius 3 is 2.26 bits per heavy atom. The molecule has 35 heavy (non-hydrogen) atoms. The van der Waals surface area contributed by atoms with Crippen LogP contribution in [-0.4, -0.2) is 41.6 Å². The second-order valence-corrected chi connectivity index (χ2v) is 9.35. The summed E-state index contributed by atoms with van der Waals surface area (Å²) >= 11 is 6.11. The van der Waals surface area contributed by atoms with Crippen LogP contribution in [0, 0.1) is 19.7 Å². The van der Waals surface area contributed by atoms with Crippen LogP contribution >= 0.6 is 11.6 Å². The van der Waals surface area contributed by atoms with Gasteiger partial charge in [-0.25, -0.2) is 4.39 Å². The second-order valence-electron chi connectivity index (χ2n) is 8.92. The maximum Gasteiger partial charge on any atom is 0.255 e. The summed E-state index contributed by atoms with van der Waals surface area (Å²) < 4.78 is 16.1. The number of para-hydroxylation sites is 1. The fourth-order valence-electron chi connectivity index (χ4n) is 4.84. The zero-order chi connectivity index (χ0) is 24.5. The summed E-state index contributed by atoms with van der Waals surface area (Å²) in [6, 6.07) is 24.2. The predicted octanol–water partition coefficient (Wildman–Crippen LogP) is 6.52. The van der Waals surface area contributed by atoms with E-state index in [-0.39, 0.29) is 11.7 Å². The highest BCUT2D eigenvalue weighted by atomic mass is 35.5. The summed E-state index contributed by atoms with van der Waals surface area (Å²) in [5, 5.41) is 0.636. The first-order chi connectivity index (χ1) is 16.9. The Kier molecular flexibility index (Phi) is 6.35. The van der Waals surface area contributed by atoms with Crippen LogP contribution in [-0.2, 0) is 0 Å². The third-order valence-electron chi connectivity index (χ3n) is 6.71. The van der Waals surface area contributed by atoms with Gasteiger partial charge in [-0.15, -0.1) is 0 Å². The highest BCUT2D eigenvalue weighted by Crippen LogP contribution is 2.32. The molecule has 0 saturated carbocycles. The van der Waals surface area contributed by atoms with Gasteiger partial charge in [-0.2, -0.15) is 0 Å². The number of carbonyl (C=O) groups is 1. The fourth-order valence-corrected chi connectivity index (χ4v) is 4.97. The lowest BCUT2D eigenvalue weighted by Gasteiger charge is -2.36. The van der Waals surface area contributed by atoms with Crippen molar-refractivity contribution in [2.24, 2.45) is 0 Å². The normalized spacial score (nSPS) is 13.8. The van der Waals surface area contributed by atoms with Crippen LogP contribution in [0.1, 0.15) is 21.6 Å². The van der Waals surface area contributed by atoms with Gasteiger partial charge in [0.2, 0.25) is 0 Å². The van der Waals surface area contributed by atoms with Crippen LogP contribution in [0.25, 0.3) is 16.9 Å². The van der Waals surface area contributed by atoms with E-state index >= 15 is 0 Å². The smallest absolute Gasteiger partial charge is 0.255 e. The Hall–Kier alpha value is -3.57. The molecule has 178 valence electrons. The Labute approximate surface area is 210 Å². The van der Waals surface area contributed by atoms with Gasteiger partial charge in [0.25, 0.3) is 5.91 Å². The Balaban J connectivity index is 1.47. The summed E-state index contributed by atoms with van der Waals surface area (Å²) in [6.45, 7) is 6.89. The van der Waals surface area contributed by atoms with Gasteiger partial charge in [-0.3, -0.25) is 4.79 Å². The molecule has 1 saturated heterocycles. The molecule has 0 spiro atoms. The molecule has 5 rings (SSSR count). The van der Waals surface area contributed by atoms with Gasteiger partial charge in [0.1, 0.15) is 5.82 Å². The zero-order valence-corrected chi connectivity index (χ0v) is 20.6. The van der Waals surface area contributed by atoms with Crippen molar-refractivity contribution in [3.63, 3.8) is 0 Å². The monoisotopic (exact) mass is 487 g/mol. The minimum Gasteiger partial charge on any atom is -0.368 e. The molecule has 4 nitrogen and oxygen atoms in total. The van der Waals surface area contributed by atoms with E-state index in [1.165, 1.54) is 23.4 Å². The topological polar surface area (TPSA) is 28.5 Å². The molecule has 0 bridgehead atoms. The fraction of sp³-hybridized carbons (Fsp3) is 0.207. The number of halogens is 2. The van der Waals surface area contributed by atoms with Gasteiger partial charge in [-0.1, -0.05) is 48.0 Å². The van der Waals surface area contributed by atoms with Crippen molar-refractivity contribution in [1.82, 2.24) is 9.47 Å². The number of piperazine rings is 1. The van der Waals surface area contributed by atoms with Crippen LogP contribution < -0.4 is 4.90 Å². The number of hydrogen-bond acceptors (Lipinski definition) is 2. The van der Waals surface area contributed by atoms with Crippen molar-refractivity contribution >= 4 is 23.2 Å². The lowest BCUT2D eigenvalue weighted by atomic mass is 10.1. The van der Waals surface area contributed by atoms with Crippen molar-refractivity contribution in [1.29, 1.82) is 0 Å². The van der Waals surface area contributed by atoms with Gasteiger partial charge in [0.05, 0.1) is 11.3 Å². The molecule has 6 heteroatoms. The summed E-state index contributed by atoms with van der Waals surface area (Å²) in [7, 11) is 0. The summed E-state index contributed by atoms with van der Waals surface area (Å²) in [4.78, 5) is 17.9. The average Bonchev–Trinajstić information content (AvgIpc) is 3.21. The van der Waals surface area contributed by atoms with Crippen LogP contribution in [0.15, 0.2) is 78.9 Å². The number of nitrogens with zero attached hydrogens (tertiary/aromatic N) is 3. The maximum absolute atomic E-state index is 14.1. The van der Waals surface area contributed by atoms with E-state index in [0.717, 1.165) is 30.0 Å². The number of aromatic nitrogens is 1. The van der Waals surface area contributed by atoms with E-state index < -0.39 is 0 Å². The number of anilines is 1. The van der Waals surface area contributed by atoms with Gasteiger partial charge in [0, 0.05) is 48.3 Å². The summed E-state index contributed by atoms with van der Waals surface area (Å²) in [5.41, 5.74) is 6.28. The van der Waals surface area contributed by atoms with Crippen molar-refractivity contribution in [2.45, 2.75) is 13.8 Å². The third-order valence-corrected chi connectivity index (χ3v) is 6.96. The number of carbonyl (C=O) groups excluding carboxylic acids is 1. The molecule has 1 aliphatic rings. The molecule has 3 aromatic carbocycles.